The number of thiol groups is 1. The Bertz CT molecular complexity index is 237. The van der Waals surface area contributed by atoms with Crippen LogP contribution in [0.3, 0.4) is 0 Å². The van der Waals surface area contributed by atoms with Gasteiger partial charge >= 0.3 is 5.97 Å². The van der Waals surface area contributed by atoms with Crippen molar-refractivity contribution in [3.8, 4) is 0 Å². The SMILES string of the molecule is CC(C)(C)N[C@H](C(=O)O)C(S)C(C)(C)C.Cl.Cl. The first-order valence-electron chi connectivity index (χ1n) is 5.14. The molecule has 0 saturated carbocycles. The summed E-state index contributed by atoms with van der Waals surface area (Å²) in [5, 5.41) is 12.0. The van der Waals surface area contributed by atoms with Gasteiger partial charge in [0.2, 0.25) is 0 Å². The van der Waals surface area contributed by atoms with Gasteiger partial charge in [0.15, 0.2) is 0 Å². The molecule has 0 aliphatic carbocycles. The Morgan fingerprint density at radius 1 is 1.12 bits per heavy atom. The average Bonchev–Trinajstić information content (AvgIpc) is 1.94. The van der Waals surface area contributed by atoms with Gasteiger partial charge in [0.25, 0.3) is 0 Å². The van der Waals surface area contributed by atoms with E-state index in [2.05, 4.69) is 17.9 Å². The zero-order valence-corrected chi connectivity index (χ0v) is 13.8. The molecule has 106 valence electrons. The first kappa shape index (κ1) is 22.5. The van der Waals surface area contributed by atoms with Gasteiger partial charge in [-0.2, -0.15) is 12.6 Å². The largest absolute Gasteiger partial charge is 0.480 e. The Hall–Kier alpha value is 0.360. The van der Waals surface area contributed by atoms with E-state index in [1.807, 2.05) is 41.5 Å². The van der Waals surface area contributed by atoms with Gasteiger partial charge in [0, 0.05) is 10.8 Å². The van der Waals surface area contributed by atoms with Crippen LogP contribution in [0.15, 0.2) is 0 Å². The summed E-state index contributed by atoms with van der Waals surface area (Å²) in [6.07, 6.45) is 0. The van der Waals surface area contributed by atoms with E-state index in [1.165, 1.54) is 0 Å². The molecule has 0 amide bonds. The molecule has 0 fully saturated rings. The Labute approximate surface area is 122 Å². The van der Waals surface area contributed by atoms with E-state index in [4.69, 9.17) is 5.11 Å². The Kier molecular flexibility index (Phi) is 10.2. The highest BCUT2D eigenvalue weighted by Crippen LogP contribution is 2.27. The van der Waals surface area contributed by atoms with Crippen molar-refractivity contribution in [3.63, 3.8) is 0 Å². The van der Waals surface area contributed by atoms with E-state index < -0.39 is 12.0 Å². The van der Waals surface area contributed by atoms with Crippen molar-refractivity contribution in [1.29, 1.82) is 0 Å². The number of hydrogen-bond donors (Lipinski definition) is 3. The second kappa shape index (κ2) is 7.72. The van der Waals surface area contributed by atoms with E-state index >= 15 is 0 Å². The summed E-state index contributed by atoms with van der Waals surface area (Å²) >= 11 is 4.41. The van der Waals surface area contributed by atoms with Crippen LogP contribution >= 0.6 is 37.4 Å². The molecule has 0 aromatic rings. The van der Waals surface area contributed by atoms with Crippen molar-refractivity contribution in [1.82, 2.24) is 5.32 Å². The molecule has 0 aliphatic heterocycles. The third-order valence-electron chi connectivity index (χ3n) is 2.06. The summed E-state index contributed by atoms with van der Waals surface area (Å²) in [5.74, 6) is -0.847. The van der Waals surface area contributed by atoms with Gasteiger partial charge in [-0.05, 0) is 26.2 Å². The number of aliphatic carboxylic acids is 1. The highest BCUT2D eigenvalue weighted by Gasteiger charge is 2.36. The molecule has 0 saturated heterocycles. The van der Waals surface area contributed by atoms with Crippen LogP contribution in [0.1, 0.15) is 41.5 Å². The van der Waals surface area contributed by atoms with E-state index in [0.717, 1.165) is 0 Å². The summed E-state index contributed by atoms with van der Waals surface area (Å²) in [6, 6.07) is -0.631. The number of carboxylic acids is 1. The Morgan fingerprint density at radius 3 is 1.65 bits per heavy atom. The molecule has 0 bridgehead atoms. The first-order valence-corrected chi connectivity index (χ1v) is 5.65. The van der Waals surface area contributed by atoms with Crippen LogP contribution in [0.25, 0.3) is 0 Å². The molecule has 6 heteroatoms. The molecule has 0 aliphatic rings. The van der Waals surface area contributed by atoms with Gasteiger partial charge in [-0.15, -0.1) is 24.8 Å². The topological polar surface area (TPSA) is 49.3 Å². The quantitative estimate of drug-likeness (QED) is 0.703. The van der Waals surface area contributed by atoms with Crippen molar-refractivity contribution in [2.75, 3.05) is 0 Å². The zero-order valence-electron chi connectivity index (χ0n) is 11.3. The van der Waals surface area contributed by atoms with E-state index in [-0.39, 0.29) is 41.0 Å². The predicted molar refractivity (Wildman–Crippen MR) is 81.0 cm³/mol. The maximum atomic E-state index is 11.2. The number of halogens is 2. The molecule has 2 atom stereocenters. The Morgan fingerprint density at radius 2 is 1.47 bits per heavy atom. The zero-order chi connectivity index (χ0) is 12.4. The lowest BCUT2D eigenvalue weighted by molar-refractivity contribution is -0.140. The maximum absolute atomic E-state index is 11.2. The van der Waals surface area contributed by atoms with Gasteiger partial charge in [-0.1, -0.05) is 20.8 Å². The maximum Gasteiger partial charge on any atom is 0.321 e. The number of rotatable bonds is 3. The predicted octanol–water partition coefficient (Wildman–Crippen LogP) is 3.02. The van der Waals surface area contributed by atoms with Gasteiger partial charge in [-0.25, -0.2) is 0 Å². The second-order valence-electron chi connectivity index (χ2n) is 6.02. The molecule has 17 heavy (non-hydrogen) atoms. The summed E-state index contributed by atoms with van der Waals surface area (Å²) in [4.78, 5) is 11.2. The van der Waals surface area contributed by atoms with Crippen LogP contribution in [-0.2, 0) is 4.79 Å². The molecule has 0 heterocycles. The molecular formula is C11H25Cl2NO2S. The van der Waals surface area contributed by atoms with Crippen molar-refractivity contribution < 1.29 is 9.90 Å². The molecule has 0 rings (SSSR count). The summed E-state index contributed by atoms with van der Waals surface area (Å²) in [5.41, 5.74) is -0.375. The van der Waals surface area contributed by atoms with Gasteiger partial charge in [0.1, 0.15) is 6.04 Å². The van der Waals surface area contributed by atoms with E-state index in [0.29, 0.717) is 0 Å². The lowest BCUT2D eigenvalue weighted by atomic mass is 9.86. The third kappa shape index (κ3) is 9.00. The molecule has 1 unspecified atom stereocenters. The average molecular weight is 306 g/mol. The van der Waals surface area contributed by atoms with Gasteiger partial charge in [0.05, 0.1) is 0 Å². The van der Waals surface area contributed by atoms with Crippen LogP contribution in [-0.4, -0.2) is 27.9 Å². The van der Waals surface area contributed by atoms with Crippen molar-refractivity contribution >= 4 is 43.4 Å². The smallest absolute Gasteiger partial charge is 0.321 e. The van der Waals surface area contributed by atoms with Crippen LogP contribution < -0.4 is 5.32 Å². The summed E-state index contributed by atoms with van der Waals surface area (Å²) in [7, 11) is 0. The Balaban J connectivity index is -0.000000980. The van der Waals surface area contributed by atoms with E-state index in [1.54, 1.807) is 0 Å². The fraction of sp³-hybridized carbons (Fsp3) is 0.909. The van der Waals surface area contributed by atoms with Crippen LogP contribution in [0, 0.1) is 5.41 Å². The highest BCUT2D eigenvalue weighted by atomic mass is 35.5. The monoisotopic (exact) mass is 305 g/mol. The minimum absolute atomic E-state index is 0. The minimum atomic E-state index is -0.847. The molecule has 2 N–H and O–H groups in total. The normalized spacial score (nSPS) is 15.2. The first-order chi connectivity index (χ1) is 6.45. The lowest BCUT2D eigenvalue weighted by Crippen LogP contribution is -2.55. The van der Waals surface area contributed by atoms with E-state index in [9.17, 15) is 4.79 Å². The van der Waals surface area contributed by atoms with Gasteiger partial charge in [-0.3, -0.25) is 10.1 Å². The standard InChI is InChI=1S/C11H23NO2S.2ClH/c1-10(2,3)8(15)7(9(13)14)12-11(4,5)6;;/h7-8,12,15H,1-6H3,(H,13,14);2*1H/t7-,8?;;/m0../s1. The molecule has 0 spiro atoms. The highest BCUT2D eigenvalue weighted by molar-refractivity contribution is 7.81. The van der Waals surface area contributed by atoms with Crippen molar-refractivity contribution in [2.24, 2.45) is 5.41 Å². The van der Waals surface area contributed by atoms with Crippen LogP contribution in [0.4, 0.5) is 0 Å². The fourth-order valence-electron chi connectivity index (χ4n) is 1.24. The number of carboxylic acid groups (broad SMARTS) is 1. The molecule has 3 nitrogen and oxygen atoms in total. The molecule has 0 aromatic carbocycles. The van der Waals surface area contributed by atoms with Gasteiger partial charge < -0.3 is 5.11 Å². The number of hydrogen-bond acceptors (Lipinski definition) is 3. The van der Waals surface area contributed by atoms with Crippen LogP contribution in [0.5, 0.6) is 0 Å². The van der Waals surface area contributed by atoms with Crippen molar-refractivity contribution in [2.45, 2.75) is 58.4 Å². The summed E-state index contributed by atoms with van der Waals surface area (Å²) < 4.78 is 0. The second-order valence-corrected chi connectivity index (χ2v) is 6.58. The molecule has 0 radical (unpaired) electrons. The minimum Gasteiger partial charge on any atom is -0.480 e. The van der Waals surface area contributed by atoms with Crippen LogP contribution in [0.2, 0.25) is 0 Å². The molecular weight excluding hydrogens is 281 g/mol. The summed E-state index contributed by atoms with van der Waals surface area (Å²) in [6.45, 7) is 11.8. The lowest BCUT2D eigenvalue weighted by Gasteiger charge is -2.35. The fourth-order valence-corrected chi connectivity index (χ4v) is 1.44. The third-order valence-corrected chi connectivity index (χ3v) is 3.13. The number of nitrogens with one attached hydrogen (secondary N) is 1. The van der Waals surface area contributed by atoms with Crippen molar-refractivity contribution in [3.05, 3.63) is 0 Å². The molecule has 0 aromatic heterocycles. The number of carbonyl (C=O) groups is 1.